The third-order valence-corrected chi connectivity index (χ3v) is 5.86. The lowest BCUT2D eigenvalue weighted by Gasteiger charge is -2.28. The Kier molecular flexibility index (Phi) is 5.97. The van der Waals surface area contributed by atoms with Gasteiger partial charge in [-0.05, 0) is 55.7 Å². The minimum Gasteiger partial charge on any atom is -0.478 e. The number of hydrogen-bond donors (Lipinski definition) is 1. The molecule has 0 amide bonds. The van der Waals surface area contributed by atoms with Gasteiger partial charge >= 0.3 is 11.9 Å². The van der Waals surface area contributed by atoms with Crippen LogP contribution in [-0.2, 0) is 33.8 Å². The van der Waals surface area contributed by atoms with Crippen LogP contribution in [0.15, 0.2) is 42.6 Å². The lowest BCUT2D eigenvalue weighted by atomic mass is 10.0. The molecule has 4 rings (SSSR count). The molecule has 1 aliphatic rings. The Bertz CT molecular complexity index is 1150. The highest BCUT2D eigenvalue weighted by Gasteiger charge is 2.32. The summed E-state index contributed by atoms with van der Waals surface area (Å²) in [7, 11) is 0. The number of ether oxygens (including phenoxy) is 1. The molecule has 0 saturated heterocycles. The Morgan fingerprint density at radius 3 is 2.69 bits per heavy atom. The number of hydrogen-bond acceptors (Lipinski definition) is 5. The van der Waals surface area contributed by atoms with Crippen molar-refractivity contribution in [3.63, 3.8) is 0 Å². The molecule has 0 bridgehead atoms. The van der Waals surface area contributed by atoms with E-state index in [1.54, 1.807) is 18.3 Å². The molecule has 1 aliphatic heterocycles. The van der Waals surface area contributed by atoms with Crippen molar-refractivity contribution in [1.82, 2.24) is 14.5 Å². The molecule has 0 atom stereocenters. The lowest BCUT2D eigenvalue weighted by Crippen LogP contribution is -2.38. The topological polar surface area (TPSA) is 84.7 Å². The number of carbonyl (C=O) groups is 2. The number of rotatable bonds is 7. The fraction of sp³-hybridized carbons (Fsp3) is 0.375. The van der Waals surface area contributed by atoms with Gasteiger partial charge in [-0.1, -0.05) is 12.1 Å². The van der Waals surface area contributed by atoms with Crippen molar-refractivity contribution >= 4 is 23.0 Å². The summed E-state index contributed by atoms with van der Waals surface area (Å²) < 4.78 is 20.6. The summed E-state index contributed by atoms with van der Waals surface area (Å²) in [5.74, 6) is -1.97. The summed E-state index contributed by atoms with van der Waals surface area (Å²) >= 11 is 0. The van der Waals surface area contributed by atoms with Gasteiger partial charge in [-0.2, -0.15) is 0 Å². The van der Waals surface area contributed by atoms with E-state index >= 15 is 0 Å². The third-order valence-electron chi connectivity index (χ3n) is 5.86. The SMILES string of the molecule is CC(C)(OC(=O)CCN1CCc2c(n(Cc3ccc(F)cc3)c3ncccc23)C1)C(=O)O. The number of carboxylic acids is 1. The standard InChI is InChI=1S/C24H26FN3O4/c1-24(2,23(30)31)32-21(29)10-13-27-12-9-18-19-4-3-11-26-22(19)28(20(18)15-27)14-16-5-7-17(25)8-6-16/h3-8,11H,9-10,12-15H2,1-2H3,(H,30,31). The molecule has 1 aromatic carbocycles. The van der Waals surface area contributed by atoms with Gasteiger partial charge in [0.2, 0.25) is 5.60 Å². The number of halogens is 1. The highest BCUT2D eigenvalue weighted by atomic mass is 19.1. The Morgan fingerprint density at radius 1 is 1.22 bits per heavy atom. The van der Waals surface area contributed by atoms with E-state index < -0.39 is 17.5 Å². The largest absolute Gasteiger partial charge is 0.478 e. The highest BCUT2D eigenvalue weighted by molar-refractivity contribution is 5.83. The minimum atomic E-state index is -1.54. The van der Waals surface area contributed by atoms with Crippen LogP contribution in [0.4, 0.5) is 4.39 Å². The molecule has 0 saturated carbocycles. The van der Waals surface area contributed by atoms with Gasteiger partial charge in [-0.15, -0.1) is 0 Å². The number of benzene rings is 1. The molecule has 0 radical (unpaired) electrons. The van der Waals surface area contributed by atoms with Gasteiger partial charge in [-0.25, -0.2) is 14.2 Å². The summed E-state index contributed by atoms with van der Waals surface area (Å²) in [6.45, 7) is 5.20. The van der Waals surface area contributed by atoms with E-state index in [-0.39, 0.29) is 12.2 Å². The molecule has 8 heteroatoms. The van der Waals surface area contributed by atoms with Crippen molar-refractivity contribution in [2.45, 2.75) is 45.4 Å². The van der Waals surface area contributed by atoms with Gasteiger partial charge in [0.25, 0.3) is 0 Å². The fourth-order valence-electron chi connectivity index (χ4n) is 4.08. The third kappa shape index (κ3) is 4.50. The predicted molar refractivity (Wildman–Crippen MR) is 117 cm³/mol. The summed E-state index contributed by atoms with van der Waals surface area (Å²) in [5.41, 5.74) is 2.72. The number of fused-ring (bicyclic) bond motifs is 3. The molecular weight excluding hydrogens is 413 g/mol. The van der Waals surface area contributed by atoms with E-state index in [1.807, 2.05) is 6.07 Å². The van der Waals surface area contributed by atoms with Crippen molar-refractivity contribution in [2.75, 3.05) is 13.1 Å². The normalized spacial score (nSPS) is 14.3. The first-order valence-corrected chi connectivity index (χ1v) is 10.6. The van der Waals surface area contributed by atoms with E-state index in [2.05, 4.69) is 20.5 Å². The van der Waals surface area contributed by atoms with E-state index in [1.165, 1.54) is 31.5 Å². The molecule has 1 N–H and O–H groups in total. The fourth-order valence-corrected chi connectivity index (χ4v) is 4.08. The maximum Gasteiger partial charge on any atom is 0.347 e. The van der Waals surface area contributed by atoms with Gasteiger partial charge in [-0.3, -0.25) is 9.69 Å². The number of aromatic nitrogens is 2. The second-order valence-corrected chi connectivity index (χ2v) is 8.58. The number of aliphatic carboxylic acids is 1. The molecule has 0 spiro atoms. The molecule has 2 aromatic heterocycles. The Labute approximate surface area is 185 Å². The van der Waals surface area contributed by atoms with Crippen LogP contribution in [0.25, 0.3) is 11.0 Å². The molecule has 0 fully saturated rings. The van der Waals surface area contributed by atoms with Crippen LogP contribution in [0.3, 0.4) is 0 Å². The van der Waals surface area contributed by atoms with Crippen molar-refractivity contribution in [2.24, 2.45) is 0 Å². The van der Waals surface area contributed by atoms with E-state index in [0.29, 0.717) is 19.6 Å². The monoisotopic (exact) mass is 439 g/mol. The first kappa shape index (κ1) is 22.0. The molecule has 32 heavy (non-hydrogen) atoms. The van der Waals surface area contributed by atoms with Gasteiger partial charge in [0.05, 0.1) is 6.42 Å². The minimum absolute atomic E-state index is 0.114. The molecule has 0 unspecified atom stereocenters. The van der Waals surface area contributed by atoms with Crippen LogP contribution in [0.5, 0.6) is 0 Å². The Balaban J connectivity index is 1.52. The maximum atomic E-state index is 13.3. The number of esters is 1. The second-order valence-electron chi connectivity index (χ2n) is 8.58. The molecule has 168 valence electrons. The summed E-state index contributed by atoms with van der Waals surface area (Å²) in [6, 6.07) is 10.5. The van der Waals surface area contributed by atoms with Gasteiger partial charge in [0.1, 0.15) is 11.5 Å². The Morgan fingerprint density at radius 2 is 1.97 bits per heavy atom. The van der Waals surface area contributed by atoms with Crippen molar-refractivity contribution < 1.29 is 23.8 Å². The molecule has 0 aliphatic carbocycles. The number of nitrogens with zero attached hydrogens (tertiary/aromatic N) is 3. The lowest BCUT2D eigenvalue weighted by molar-refractivity contribution is -0.174. The summed E-state index contributed by atoms with van der Waals surface area (Å²) in [4.78, 5) is 30.1. The van der Waals surface area contributed by atoms with E-state index in [9.17, 15) is 14.0 Å². The zero-order valence-electron chi connectivity index (χ0n) is 18.2. The quantitative estimate of drug-likeness (QED) is 0.568. The molecule has 3 aromatic rings. The maximum absolute atomic E-state index is 13.3. The van der Waals surface area contributed by atoms with E-state index in [0.717, 1.165) is 35.3 Å². The highest BCUT2D eigenvalue weighted by Crippen LogP contribution is 2.30. The van der Waals surface area contributed by atoms with Crippen LogP contribution >= 0.6 is 0 Å². The Hall–Kier alpha value is -3.26. The van der Waals surface area contributed by atoms with Crippen LogP contribution < -0.4 is 0 Å². The average molecular weight is 439 g/mol. The van der Waals surface area contributed by atoms with E-state index in [4.69, 9.17) is 9.84 Å². The smallest absolute Gasteiger partial charge is 0.347 e. The second kappa shape index (κ2) is 8.70. The molecule has 3 heterocycles. The number of carbonyl (C=O) groups excluding carboxylic acids is 1. The predicted octanol–water partition coefficient (Wildman–Crippen LogP) is 3.38. The summed E-state index contributed by atoms with van der Waals surface area (Å²) in [6.07, 6.45) is 2.71. The zero-order valence-corrected chi connectivity index (χ0v) is 18.2. The van der Waals surface area contributed by atoms with Crippen molar-refractivity contribution in [3.05, 3.63) is 65.2 Å². The molecular formula is C24H26FN3O4. The average Bonchev–Trinajstić information content (AvgIpc) is 3.06. The van der Waals surface area contributed by atoms with Crippen molar-refractivity contribution in [1.29, 1.82) is 0 Å². The number of carboxylic acid groups (broad SMARTS) is 1. The van der Waals surface area contributed by atoms with Crippen LogP contribution in [0.1, 0.15) is 37.1 Å². The van der Waals surface area contributed by atoms with Gasteiger partial charge < -0.3 is 14.4 Å². The zero-order chi connectivity index (χ0) is 22.9. The number of pyridine rings is 1. The van der Waals surface area contributed by atoms with Gasteiger partial charge in [0, 0.05) is 43.5 Å². The van der Waals surface area contributed by atoms with Crippen LogP contribution in [0, 0.1) is 5.82 Å². The van der Waals surface area contributed by atoms with Crippen molar-refractivity contribution in [3.8, 4) is 0 Å². The molecule has 7 nitrogen and oxygen atoms in total. The van der Waals surface area contributed by atoms with Crippen LogP contribution in [0.2, 0.25) is 0 Å². The van der Waals surface area contributed by atoms with Crippen LogP contribution in [-0.4, -0.2) is 50.2 Å². The van der Waals surface area contributed by atoms with Gasteiger partial charge in [0.15, 0.2) is 0 Å². The first-order valence-electron chi connectivity index (χ1n) is 10.6. The first-order chi connectivity index (χ1) is 15.2. The summed E-state index contributed by atoms with van der Waals surface area (Å²) in [5, 5.41) is 10.3.